The van der Waals surface area contributed by atoms with Gasteiger partial charge in [0.05, 0.1) is 11.8 Å². The molecule has 4 atom stereocenters. The summed E-state index contributed by atoms with van der Waals surface area (Å²) >= 11 is 0. The van der Waals surface area contributed by atoms with Crippen molar-refractivity contribution in [1.82, 2.24) is 5.32 Å². The summed E-state index contributed by atoms with van der Waals surface area (Å²) < 4.78 is 0. The Kier molecular flexibility index (Phi) is 3.17. The zero-order chi connectivity index (χ0) is 11.7. The predicted molar refractivity (Wildman–Crippen MR) is 58.8 cm³/mol. The lowest BCUT2D eigenvalue weighted by Crippen LogP contribution is -2.42. The van der Waals surface area contributed by atoms with E-state index in [0.29, 0.717) is 12.3 Å². The van der Waals surface area contributed by atoms with Crippen molar-refractivity contribution in [1.29, 1.82) is 0 Å². The summed E-state index contributed by atoms with van der Waals surface area (Å²) in [5.74, 6) is -1.06. The monoisotopic (exact) mass is 225 g/mol. The van der Waals surface area contributed by atoms with E-state index >= 15 is 0 Å². The third-order valence-electron chi connectivity index (χ3n) is 3.88. The molecule has 4 unspecified atom stereocenters. The molecular weight excluding hydrogens is 206 g/mol. The van der Waals surface area contributed by atoms with E-state index in [9.17, 15) is 9.59 Å². The first-order chi connectivity index (χ1) is 7.59. The van der Waals surface area contributed by atoms with Gasteiger partial charge in [0.25, 0.3) is 0 Å². The van der Waals surface area contributed by atoms with Crippen LogP contribution in [0.3, 0.4) is 0 Å². The topological polar surface area (TPSA) is 66.4 Å². The molecule has 2 fully saturated rings. The number of nitrogens with one attached hydrogen (secondary N) is 1. The highest BCUT2D eigenvalue weighted by Crippen LogP contribution is 2.39. The molecule has 0 heterocycles. The van der Waals surface area contributed by atoms with Crippen LogP contribution < -0.4 is 5.32 Å². The maximum Gasteiger partial charge on any atom is 0.307 e. The molecule has 0 aliphatic heterocycles. The van der Waals surface area contributed by atoms with Crippen molar-refractivity contribution in [2.75, 3.05) is 0 Å². The van der Waals surface area contributed by atoms with Gasteiger partial charge in [0, 0.05) is 6.04 Å². The van der Waals surface area contributed by atoms with Crippen LogP contribution in [0.4, 0.5) is 0 Å². The Hall–Kier alpha value is -1.06. The molecule has 0 aromatic carbocycles. The second-order valence-electron chi connectivity index (χ2n) is 5.16. The molecule has 2 aliphatic rings. The highest BCUT2D eigenvalue weighted by Gasteiger charge is 2.48. The van der Waals surface area contributed by atoms with E-state index in [1.54, 1.807) is 0 Å². The van der Waals surface area contributed by atoms with Crippen molar-refractivity contribution in [3.8, 4) is 0 Å². The number of amides is 1. The van der Waals surface area contributed by atoms with Gasteiger partial charge in [-0.15, -0.1) is 0 Å². The normalized spacial score (nSPS) is 37.8. The smallest absolute Gasteiger partial charge is 0.307 e. The van der Waals surface area contributed by atoms with Crippen LogP contribution in [0.5, 0.6) is 0 Å². The lowest BCUT2D eigenvalue weighted by molar-refractivity contribution is -0.140. The summed E-state index contributed by atoms with van der Waals surface area (Å²) in [6, 6.07) is 0.260. The third kappa shape index (κ3) is 2.36. The number of hydrogen-bond acceptors (Lipinski definition) is 2. The molecule has 0 aromatic rings. The quantitative estimate of drug-likeness (QED) is 0.763. The standard InChI is InChI=1S/C12H19NO3/c1-7-4-2-3-5-10(7)13-11(14)8-6-9(8)12(15)16/h7-10H,2-6H2,1H3,(H,13,14)(H,15,16). The van der Waals surface area contributed by atoms with Crippen LogP contribution in [-0.2, 0) is 9.59 Å². The second-order valence-corrected chi connectivity index (χ2v) is 5.16. The molecule has 2 aliphatic carbocycles. The number of aliphatic carboxylic acids is 1. The van der Waals surface area contributed by atoms with E-state index in [2.05, 4.69) is 12.2 Å². The Morgan fingerprint density at radius 1 is 1.19 bits per heavy atom. The molecule has 0 spiro atoms. The summed E-state index contributed by atoms with van der Waals surface area (Å²) in [5, 5.41) is 11.8. The summed E-state index contributed by atoms with van der Waals surface area (Å²) in [4.78, 5) is 22.4. The first-order valence-corrected chi connectivity index (χ1v) is 6.12. The molecule has 0 radical (unpaired) electrons. The maximum atomic E-state index is 11.8. The Balaban J connectivity index is 1.81. The highest BCUT2D eigenvalue weighted by molar-refractivity contribution is 5.89. The van der Waals surface area contributed by atoms with E-state index < -0.39 is 11.9 Å². The zero-order valence-corrected chi connectivity index (χ0v) is 9.61. The van der Waals surface area contributed by atoms with Gasteiger partial charge >= 0.3 is 5.97 Å². The van der Waals surface area contributed by atoms with Crippen molar-refractivity contribution in [3.63, 3.8) is 0 Å². The van der Waals surface area contributed by atoms with E-state index in [0.717, 1.165) is 12.8 Å². The fraction of sp³-hybridized carbons (Fsp3) is 0.833. The lowest BCUT2D eigenvalue weighted by Gasteiger charge is -2.29. The number of hydrogen-bond donors (Lipinski definition) is 2. The van der Waals surface area contributed by atoms with Crippen molar-refractivity contribution in [2.24, 2.45) is 17.8 Å². The van der Waals surface area contributed by atoms with Crippen molar-refractivity contribution in [3.05, 3.63) is 0 Å². The van der Waals surface area contributed by atoms with Gasteiger partial charge in [0.15, 0.2) is 0 Å². The van der Waals surface area contributed by atoms with Crippen LogP contribution in [0.25, 0.3) is 0 Å². The molecule has 4 nitrogen and oxygen atoms in total. The van der Waals surface area contributed by atoms with Gasteiger partial charge in [-0.2, -0.15) is 0 Å². The first kappa shape index (κ1) is 11.4. The molecule has 4 heteroatoms. The summed E-state index contributed by atoms with van der Waals surface area (Å²) in [6.07, 6.45) is 5.13. The van der Waals surface area contributed by atoms with Gasteiger partial charge < -0.3 is 10.4 Å². The first-order valence-electron chi connectivity index (χ1n) is 6.12. The van der Waals surface area contributed by atoms with E-state index in [-0.39, 0.29) is 17.9 Å². The largest absolute Gasteiger partial charge is 0.481 e. The Morgan fingerprint density at radius 3 is 2.44 bits per heavy atom. The van der Waals surface area contributed by atoms with Crippen LogP contribution in [0.2, 0.25) is 0 Å². The van der Waals surface area contributed by atoms with Gasteiger partial charge in [-0.1, -0.05) is 19.8 Å². The number of carboxylic acids is 1. The molecule has 16 heavy (non-hydrogen) atoms. The molecule has 90 valence electrons. The molecule has 0 bridgehead atoms. The maximum absolute atomic E-state index is 11.8. The van der Waals surface area contributed by atoms with Crippen molar-refractivity contribution in [2.45, 2.75) is 45.1 Å². The van der Waals surface area contributed by atoms with Gasteiger partial charge in [0.2, 0.25) is 5.91 Å². The van der Waals surface area contributed by atoms with Crippen molar-refractivity contribution < 1.29 is 14.7 Å². The fourth-order valence-corrected chi connectivity index (χ4v) is 2.58. The van der Waals surface area contributed by atoms with E-state index in [4.69, 9.17) is 5.11 Å². The SMILES string of the molecule is CC1CCCCC1NC(=O)C1CC1C(=O)O. The summed E-state index contributed by atoms with van der Waals surface area (Å²) in [5.41, 5.74) is 0. The minimum Gasteiger partial charge on any atom is -0.481 e. The van der Waals surface area contributed by atoms with Crippen LogP contribution >= 0.6 is 0 Å². The van der Waals surface area contributed by atoms with Gasteiger partial charge in [-0.25, -0.2) is 0 Å². The van der Waals surface area contributed by atoms with Crippen LogP contribution in [0, 0.1) is 17.8 Å². The minimum atomic E-state index is -0.836. The second kappa shape index (κ2) is 4.44. The zero-order valence-electron chi connectivity index (χ0n) is 9.61. The Morgan fingerprint density at radius 2 is 1.88 bits per heavy atom. The number of carboxylic acid groups (broad SMARTS) is 1. The van der Waals surface area contributed by atoms with Crippen LogP contribution in [0.15, 0.2) is 0 Å². The number of rotatable bonds is 3. The molecule has 0 saturated heterocycles. The third-order valence-corrected chi connectivity index (χ3v) is 3.88. The molecular formula is C12H19NO3. The van der Waals surface area contributed by atoms with Gasteiger partial charge in [0.1, 0.15) is 0 Å². The number of carbonyl (C=O) groups excluding carboxylic acids is 1. The Bertz CT molecular complexity index is 303. The van der Waals surface area contributed by atoms with Gasteiger partial charge in [-0.05, 0) is 25.2 Å². The molecule has 2 rings (SSSR count). The predicted octanol–water partition coefficient (Wildman–Crippen LogP) is 1.40. The van der Waals surface area contributed by atoms with Crippen molar-refractivity contribution >= 4 is 11.9 Å². The molecule has 2 N–H and O–H groups in total. The average molecular weight is 225 g/mol. The van der Waals surface area contributed by atoms with Crippen LogP contribution in [-0.4, -0.2) is 23.0 Å². The average Bonchev–Trinajstić information content (AvgIpc) is 3.01. The van der Waals surface area contributed by atoms with E-state index in [1.165, 1.54) is 12.8 Å². The lowest BCUT2D eigenvalue weighted by atomic mass is 9.86. The minimum absolute atomic E-state index is 0.0499. The van der Waals surface area contributed by atoms with E-state index in [1.807, 2.05) is 0 Å². The number of carbonyl (C=O) groups is 2. The fourth-order valence-electron chi connectivity index (χ4n) is 2.58. The molecule has 2 saturated carbocycles. The van der Waals surface area contributed by atoms with Gasteiger partial charge in [-0.3, -0.25) is 9.59 Å². The molecule has 0 aromatic heterocycles. The summed E-state index contributed by atoms with van der Waals surface area (Å²) in [6.45, 7) is 2.16. The Labute approximate surface area is 95.4 Å². The summed E-state index contributed by atoms with van der Waals surface area (Å²) in [7, 11) is 0. The highest BCUT2D eigenvalue weighted by atomic mass is 16.4. The molecule has 1 amide bonds. The van der Waals surface area contributed by atoms with Crippen LogP contribution in [0.1, 0.15) is 39.0 Å².